The van der Waals surface area contributed by atoms with Gasteiger partial charge in [-0.05, 0) is 43.4 Å². The fourth-order valence-corrected chi connectivity index (χ4v) is 5.59. The number of sulfonamides is 1. The minimum absolute atomic E-state index is 0.283. The Morgan fingerprint density at radius 1 is 1.12 bits per heavy atom. The molecule has 1 aromatic carbocycles. The molecule has 0 spiro atoms. The van der Waals surface area contributed by atoms with E-state index in [1.165, 1.54) is 42.0 Å². The smallest absolute Gasteiger partial charge is 0.275 e. The van der Waals surface area contributed by atoms with Gasteiger partial charge in [0.2, 0.25) is 10.0 Å². The number of hydrogen-bond donors (Lipinski definition) is 2. The summed E-state index contributed by atoms with van der Waals surface area (Å²) in [6, 6.07) is 7.20. The maximum Gasteiger partial charge on any atom is 0.275 e. The maximum absolute atomic E-state index is 12.9. The zero-order chi connectivity index (χ0) is 18.7. The maximum atomic E-state index is 12.9. The molecule has 1 atom stereocenters. The van der Waals surface area contributed by atoms with Crippen molar-refractivity contribution in [3.8, 4) is 0 Å². The van der Waals surface area contributed by atoms with Crippen molar-refractivity contribution in [3.63, 3.8) is 0 Å². The third kappa shape index (κ3) is 4.10. The van der Waals surface area contributed by atoms with Crippen LogP contribution < -0.4 is 10.6 Å². The second kappa shape index (κ2) is 8.06. The van der Waals surface area contributed by atoms with E-state index in [4.69, 9.17) is 5.73 Å². The van der Waals surface area contributed by atoms with Crippen molar-refractivity contribution in [2.45, 2.75) is 55.9 Å². The summed E-state index contributed by atoms with van der Waals surface area (Å²) in [5, 5.41) is 0. The number of amides is 1. The Morgan fingerprint density at radius 2 is 1.69 bits per heavy atom. The van der Waals surface area contributed by atoms with Crippen LogP contribution in [0.5, 0.6) is 0 Å². The van der Waals surface area contributed by atoms with Crippen molar-refractivity contribution in [3.05, 3.63) is 29.8 Å². The zero-order valence-corrected chi connectivity index (χ0v) is 16.3. The van der Waals surface area contributed by atoms with Crippen molar-refractivity contribution < 1.29 is 18.1 Å². The van der Waals surface area contributed by atoms with Crippen LogP contribution in [0.3, 0.4) is 0 Å². The highest BCUT2D eigenvalue weighted by molar-refractivity contribution is 7.89. The third-order valence-electron chi connectivity index (χ3n) is 6.00. The SMILES string of the molecule is C[C@@H](C(N)=O)[NH+]1CCN(S(=O)(=O)c2ccc(C3CCCCC3)cc2)CC1. The molecule has 1 aromatic rings. The number of carbonyl (C=O) groups is 1. The fourth-order valence-electron chi connectivity index (χ4n) is 4.14. The van der Waals surface area contributed by atoms with E-state index in [0.717, 1.165) is 4.90 Å². The number of rotatable bonds is 5. The van der Waals surface area contributed by atoms with Gasteiger partial charge in [-0.2, -0.15) is 4.31 Å². The average Bonchev–Trinajstić information content (AvgIpc) is 2.68. The Morgan fingerprint density at radius 3 is 2.23 bits per heavy atom. The minimum atomic E-state index is -3.48. The summed E-state index contributed by atoms with van der Waals surface area (Å²) in [6.07, 6.45) is 6.25. The Hall–Kier alpha value is -1.44. The molecular formula is C19H30N3O3S+. The van der Waals surface area contributed by atoms with Crippen molar-refractivity contribution >= 4 is 15.9 Å². The number of nitrogens with one attached hydrogen (secondary N) is 1. The molecule has 1 heterocycles. The van der Waals surface area contributed by atoms with Gasteiger partial charge in [0, 0.05) is 0 Å². The van der Waals surface area contributed by atoms with Gasteiger partial charge in [0.05, 0.1) is 31.1 Å². The van der Waals surface area contributed by atoms with Crippen LogP contribution in [-0.4, -0.2) is 50.9 Å². The molecule has 2 fully saturated rings. The largest absolute Gasteiger partial charge is 0.365 e. The average molecular weight is 381 g/mol. The molecule has 144 valence electrons. The summed E-state index contributed by atoms with van der Waals surface area (Å²) >= 11 is 0. The van der Waals surface area contributed by atoms with Gasteiger partial charge in [-0.25, -0.2) is 8.42 Å². The lowest BCUT2D eigenvalue weighted by atomic mass is 9.84. The second-order valence-electron chi connectivity index (χ2n) is 7.59. The molecule has 1 saturated heterocycles. The Kier molecular flexibility index (Phi) is 5.99. The Bertz CT molecular complexity index is 719. The highest BCUT2D eigenvalue weighted by Crippen LogP contribution is 2.33. The predicted octanol–water partition coefficient (Wildman–Crippen LogP) is 0.497. The van der Waals surface area contributed by atoms with Crippen LogP contribution in [0.25, 0.3) is 0 Å². The first kappa shape index (κ1) is 19.3. The quantitative estimate of drug-likeness (QED) is 0.780. The van der Waals surface area contributed by atoms with Crippen LogP contribution in [-0.2, 0) is 14.8 Å². The first-order chi connectivity index (χ1) is 12.4. The number of piperazine rings is 1. The van der Waals surface area contributed by atoms with Crippen LogP contribution >= 0.6 is 0 Å². The number of hydrogen-bond acceptors (Lipinski definition) is 3. The van der Waals surface area contributed by atoms with Gasteiger partial charge in [0.25, 0.3) is 5.91 Å². The summed E-state index contributed by atoms with van der Waals surface area (Å²) in [7, 11) is -3.48. The molecule has 3 N–H and O–H groups in total. The molecule has 1 saturated carbocycles. The van der Waals surface area contributed by atoms with E-state index >= 15 is 0 Å². The van der Waals surface area contributed by atoms with E-state index in [2.05, 4.69) is 0 Å². The van der Waals surface area contributed by atoms with Gasteiger partial charge in [0.1, 0.15) is 0 Å². The van der Waals surface area contributed by atoms with E-state index < -0.39 is 10.0 Å². The highest BCUT2D eigenvalue weighted by atomic mass is 32.2. The predicted molar refractivity (Wildman–Crippen MR) is 100 cm³/mol. The Balaban J connectivity index is 1.66. The molecule has 0 bridgehead atoms. The standard InChI is InChI=1S/C19H29N3O3S/c1-15(19(20)23)21-11-13-22(14-12-21)26(24,25)18-9-7-17(8-10-18)16-5-3-2-4-6-16/h7-10,15-16H,2-6,11-14H2,1H3,(H2,20,23)/p+1/t15-/m0/s1. The molecule has 0 aromatic heterocycles. The van der Waals surface area contributed by atoms with Crippen molar-refractivity contribution in [2.24, 2.45) is 5.73 Å². The van der Waals surface area contributed by atoms with E-state index in [0.29, 0.717) is 37.0 Å². The summed E-state index contributed by atoms with van der Waals surface area (Å²) in [5.41, 5.74) is 6.62. The molecule has 26 heavy (non-hydrogen) atoms. The zero-order valence-electron chi connectivity index (χ0n) is 15.5. The molecule has 0 radical (unpaired) electrons. The lowest BCUT2D eigenvalue weighted by molar-refractivity contribution is -0.917. The molecular weight excluding hydrogens is 350 g/mol. The molecule has 1 amide bonds. The number of nitrogens with two attached hydrogens (primary N) is 1. The number of carbonyl (C=O) groups excluding carboxylic acids is 1. The van der Waals surface area contributed by atoms with E-state index in [1.54, 1.807) is 19.1 Å². The number of nitrogens with zero attached hydrogens (tertiary/aromatic N) is 1. The number of quaternary nitrogens is 1. The molecule has 1 aliphatic carbocycles. The van der Waals surface area contributed by atoms with E-state index in [-0.39, 0.29) is 11.9 Å². The van der Waals surface area contributed by atoms with Gasteiger partial charge in [-0.3, -0.25) is 4.79 Å². The van der Waals surface area contributed by atoms with E-state index in [1.807, 2.05) is 12.1 Å². The molecule has 3 rings (SSSR count). The summed E-state index contributed by atoms with van der Waals surface area (Å²) in [5.74, 6) is 0.234. The summed E-state index contributed by atoms with van der Waals surface area (Å²) in [6.45, 7) is 3.83. The monoisotopic (exact) mass is 380 g/mol. The molecule has 7 heteroatoms. The molecule has 6 nitrogen and oxygen atoms in total. The van der Waals surface area contributed by atoms with Gasteiger partial charge in [0.15, 0.2) is 6.04 Å². The van der Waals surface area contributed by atoms with Crippen molar-refractivity contribution in [1.82, 2.24) is 4.31 Å². The fraction of sp³-hybridized carbons (Fsp3) is 0.632. The summed E-state index contributed by atoms with van der Waals surface area (Å²) < 4.78 is 27.3. The molecule has 1 aliphatic heterocycles. The second-order valence-corrected chi connectivity index (χ2v) is 9.53. The topological polar surface area (TPSA) is 84.9 Å². The van der Waals surface area contributed by atoms with Gasteiger partial charge in [-0.15, -0.1) is 0 Å². The van der Waals surface area contributed by atoms with Crippen LogP contribution in [0.2, 0.25) is 0 Å². The highest BCUT2D eigenvalue weighted by Gasteiger charge is 2.33. The van der Waals surface area contributed by atoms with Gasteiger partial charge in [-0.1, -0.05) is 31.4 Å². The molecule has 0 unspecified atom stereocenters. The lowest BCUT2D eigenvalue weighted by Gasteiger charge is -2.33. The third-order valence-corrected chi connectivity index (χ3v) is 7.91. The first-order valence-corrected chi connectivity index (χ1v) is 11.1. The minimum Gasteiger partial charge on any atom is -0.365 e. The van der Waals surface area contributed by atoms with Crippen LogP contribution in [0.4, 0.5) is 0 Å². The summed E-state index contributed by atoms with van der Waals surface area (Å²) in [4.78, 5) is 12.7. The number of primary amides is 1. The van der Waals surface area contributed by atoms with Crippen LogP contribution in [0, 0.1) is 0 Å². The van der Waals surface area contributed by atoms with Crippen molar-refractivity contribution in [1.29, 1.82) is 0 Å². The number of benzene rings is 1. The van der Waals surface area contributed by atoms with Crippen LogP contribution in [0.1, 0.15) is 50.5 Å². The normalized spacial score (nSPS) is 22.2. The van der Waals surface area contributed by atoms with Crippen molar-refractivity contribution in [2.75, 3.05) is 26.2 Å². The van der Waals surface area contributed by atoms with Gasteiger partial charge < -0.3 is 10.6 Å². The van der Waals surface area contributed by atoms with Gasteiger partial charge >= 0.3 is 0 Å². The first-order valence-electron chi connectivity index (χ1n) is 9.63. The van der Waals surface area contributed by atoms with Crippen LogP contribution in [0.15, 0.2) is 29.2 Å². The Labute approximate surface area is 156 Å². The lowest BCUT2D eigenvalue weighted by Crippen LogP contribution is -3.19. The van der Waals surface area contributed by atoms with E-state index in [9.17, 15) is 13.2 Å². The molecule has 2 aliphatic rings.